The van der Waals surface area contributed by atoms with Gasteiger partial charge < -0.3 is 10.2 Å². The molecule has 1 heterocycles. The van der Waals surface area contributed by atoms with Crippen LogP contribution in [0.1, 0.15) is 26.7 Å². The van der Waals surface area contributed by atoms with Crippen LogP contribution in [-0.2, 0) is 0 Å². The summed E-state index contributed by atoms with van der Waals surface area (Å²) in [7, 11) is 0. The molecule has 0 amide bonds. The van der Waals surface area contributed by atoms with Gasteiger partial charge in [0.1, 0.15) is 5.69 Å². The Hall–Kier alpha value is -1.33. The summed E-state index contributed by atoms with van der Waals surface area (Å²) in [6.07, 6.45) is 2.30. The number of nitro groups is 1. The number of nitro benzene ring substituents is 1. The minimum absolute atomic E-state index is 0.0833. The number of para-hydroxylation sites is 1. The van der Waals surface area contributed by atoms with Crippen molar-refractivity contribution in [1.82, 2.24) is 5.32 Å². The zero-order chi connectivity index (χ0) is 15.4. The molecule has 0 saturated carbocycles. The highest BCUT2D eigenvalue weighted by molar-refractivity contribution is 6.33. The lowest BCUT2D eigenvalue weighted by atomic mass is 9.98. The van der Waals surface area contributed by atoms with Crippen molar-refractivity contribution >= 4 is 23.0 Å². The van der Waals surface area contributed by atoms with E-state index >= 15 is 0 Å². The van der Waals surface area contributed by atoms with Gasteiger partial charge in [0.15, 0.2) is 0 Å². The SMILES string of the molecule is CC(C)N(CC1CCCNC1)c1c(Cl)cccc1[N+](=O)[O-]. The summed E-state index contributed by atoms with van der Waals surface area (Å²) >= 11 is 6.27. The fraction of sp³-hybridized carbons (Fsp3) is 0.600. The maximum atomic E-state index is 11.3. The van der Waals surface area contributed by atoms with Gasteiger partial charge in [0, 0.05) is 18.7 Å². The standard InChI is InChI=1S/C15H22ClN3O2/c1-11(2)18(10-12-5-4-8-17-9-12)15-13(16)6-3-7-14(15)19(20)21/h3,6-7,11-12,17H,4-5,8-10H2,1-2H3. The first-order valence-electron chi connectivity index (χ1n) is 7.41. The molecule has 0 spiro atoms. The summed E-state index contributed by atoms with van der Waals surface area (Å²) in [4.78, 5) is 13.0. The summed E-state index contributed by atoms with van der Waals surface area (Å²) in [6, 6.07) is 5.03. The van der Waals surface area contributed by atoms with Gasteiger partial charge in [-0.25, -0.2) is 0 Å². The van der Waals surface area contributed by atoms with E-state index in [2.05, 4.69) is 10.2 Å². The quantitative estimate of drug-likeness (QED) is 0.668. The Balaban J connectivity index is 2.31. The van der Waals surface area contributed by atoms with Crippen molar-refractivity contribution in [2.75, 3.05) is 24.5 Å². The number of anilines is 1. The number of nitrogens with zero attached hydrogens (tertiary/aromatic N) is 2. The molecule has 1 aromatic rings. The van der Waals surface area contributed by atoms with E-state index in [0.29, 0.717) is 16.6 Å². The molecule has 1 N–H and O–H groups in total. The predicted octanol–water partition coefficient (Wildman–Crippen LogP) is 3.46. The molecular formula is C15H22ClN3O2. The molecular weight excluding hydrogens is 290 g/mol. The third kappa shape index (κ3) is 3.86. The Bertz CT molecular complexity index is 502. The van der Waals surface area contributed by atoms with Gasteiger partial charge in [-0.15, -0.1) is 0 Å². The Labute approximate surface area is 130 Å². The maximum absolute atomic E-state index is 11.3. The second-order valence-electron chi connectivity index (χ2n) is 5.82. The van der Waals surface area contributed by atoms with Crippen LogP contribution < -0.4 is 10.2 Å². The maximum Gasteiger partial charge on any atom is 0.294 e. The molecule has 0 bridgehead atoms. The number of benzene rings is 1. The molecule has 1 aliphatic rings. The van der Waals surface area contributed by atoms with E-state index in [1.54, 1.807) is 12.1 Å². The Morgan fingerprint density at radius 2 is 2.29 bits per heavy atom. The number of rotatable bonds is 5. The Morgan fingerprint density at radius 1 is 1.52 bits per heavy atom. The van der Waals surface area contributed by atoms with Crippen LogP contribution in [0.4, 0.5) is 11.4 Å². The first kappa shape index (κ1) is 16.0. The lowest BCUT2D eigenvalue weighted by Gasteiger charge is -2.34. The van der Waals surface area contributed by atoms with Gasteiger partial charge in [0.25, 0.3) is 5.69 Å². The minimum Gasteiger partial charge on any atom is -0.362 e. The number of nitrogens with one attached hydrogen (secondary N) is 1. The van der Waals surface area contributed by atoms with Crippen LogP contribution in [0.15, 0.2) is 18.2 Å². The normalized spacial score (nSPS) is 18.8. The predicted molar refractivity (Wildman–Crippen MR) is 86.2 cm³/mol. The molecule has 0 aromatic heterocycles. The molecule has 116 valence electrons. The molecule has 0 aliphatic carbocycles. The highest BCUT2D eigenvalue weighted by Crippen LogP contribution is 2.37. The van der Waals surface area contributed by atoms with Gasteiger partial charge >= 0.3 is 0 Å². The van der Waals surface area contributed by atoms with Crippen LogP contribution in [0.2, 0.25) is 5.02 Å². The fourth-order valence-electron chi connectivity index (χ4n) is 2.85. The zero-order valence-corrected chi connectivity index (χ0v) is 13.3. The van der Waals surface area contributed by atoms with E-state index in [1.165, 1.54) is 6.07 Å². The van der Waals surface area contributed by atoms with Crippen LogP contribution in [-0.4, -0.2) is 30.6 Å². The molecule has 1 fully saturated rings. The average molecular weight is 312 g/mol. The van der Waals surface area contributed by atoms with E-state index in [9.17, 15) is 10.1 Å². The first-order chi connectivity index (χ1) is 10.0. The van der Waals surface area contributed by atoms with Crippen molar-refractivity contribution in [2.24, 2.45) is 5.92 Å². The zero-order valence-electron chi connectivity index (χ0n) is 12.5. The van der Waals surface area contributed by atoms with Crippen LogP contribution in [0.3, 0.4) is 0 Å². The smallest absolute Gasteiger partial charge is 0.294 e. The van der Waals surface area contributed by atoms with Crippen LogP contribution >= 0.6 is 11.6 Å². The van der Waals surface area contributed by atoms with E-state index in [4.69, 9.17) is 11.6 Å². The molecule has 1 atom stereocenters. The van der Waals surface area contributed by atoms with E-state index in [0.717, 1.165) is 32.5 Å². The van der Waals surface area contributed by atoms with Gasteiger partial charge in [0.2, 0.25) is 0 Å². The molecule has 1 saturated heterocycles. The topological polar surface area (TPSA) is 58.4 Å². The summed E-state index contributed by atoms with van der Waals surface area (Å²) < 4.78 is 0. The summed E-state index contributed by atoms with van der Waals surface area (Å²) in [5, 5.41) is 15.1. The van der Waals surface area contributed by atoms with Gasteiger partial charge in [0.05, 0.1) is 9.95 Å². The summed E-state index contributed by atoms with van der Waals surface area (Å²) in [6.45, 7) is 6.90. The van der Waals surface area contributed by atoms with Crippen molar-refractivity contribution in [1.29, 1.82) is 0 Å². The highest BCUT2D eigenvalue weighted by atomic mass is 35.5. The first-order valence-corrected chi connectivity index (χ1v) is 7.78. The summed E-state index contributed by atoms with van der Waals surface area (Å²) in [5.41, 5.74) is 0.629. The number of hydrogen-bond acceptors (Lipinski definition) is 4. The van der Waals surface area contributed by atoms with Crippen molar-refractivity contribution in [3.63, 3.8) is 0 Å². The van der Waals surface area contributed by atoms with Gasteiger partial charge in [-0.2, -0.15) is 0 Å². The monoisotopic (exact) mass is 311 g/mol. The van der Waals surface area contributed by atoms with Gasteiger partial charge in [-0.3, -0.25) is 10.1 Å². The van der Waals surface area contributed by atoms with Crippen LogP contribution in [0.25, 0.3) is 0 Å². The number of piperidine rings is 1. The second kappa shape index (κ2) is 7.09. The average Bonchev–Trinajstić information content (AvgIpc) is 2.45. The molecule has 5 nitrogen and oxygen atoms in total. The minimum atomic E-state index is -0.351. The van der Waals surface area contributed by atoms with Crippen molar-refractivity contribution in [3.8, 4) is 0 Å². The van der Waals surface area contributed by atoms with Crippen LogP contribution in [0.5, 0.6) is 0 Å². The third-order valence-corrected chi connectivity index (χ3v) is 4.23. The molecule has 1 aromatic carbocycles. The van der Waals surface area contributed by atoms with Gasteiger partial charge in [-0.1, -0.05) is 17.7 Å². The van der Waals surface area contributed by atoms with E-state index in [-0.39, 0.29) is 16.7 Å². The van der Waals surface area contributed by atoms with E-state index in [1.807, 2.05) is 13.8 Å². The van der Waals surface area contributed by atoms with Gasteiger partial charge in [-0.05, 0) is 51.8 Å². The molecule has 6 heteroatoms. The van der Waals surface area contributed by atoms with Crippen molar-refractivity contribution in [2.45, 2.75) is 32.7 Å². The molecule has 2 rings (SSSR count). The summed E-state index contributed by atoms with van der Waals surface area (Å²) in [5.74, 6) is 0.497. The molecule has 1 unspecified atom stereocenters. The Morgan fingerprint density at radius 3 is 2.86 bits per heavy atom. The third-order valence-electron chi connectivity index (χ3n) is 3.93. The molecule has 1 aliphatic heterocycles. The van der Waals surface area contributed by atoms with Crippen molar-refractivity contribution < 1.29 is 4.92 Å². The second-order valence-corrected chi connectivity index (χ2v) is 6.23. The van der Waals surface area contributed by atoms with Crippen molar-refractivity contribution in [3.05, 3.63) is 33.3 Å². The van der Waals surface area contributed by atoms with E-state index < -0.39 is 0 Å². The molecule has 0 radical (unpaired) electrons. The lowest BCUT2D eigenvalue weighted by Crippen LogP contribution is -2.41. The lowest BCUT2D eigenvalue weighted by molar-refractivity contribution is -0.384. The number of hydrogen-bond donors (Lipinski definition) is 1. The number of halogens is 1. The largest absolute Gasteiger partial charge is 0.362 e. The molecule has 21 heavy (non-hydrogen) atoms. The van der Waals surface area contributed by atoms with Crippen LogP contribution in [0, 0.1) is 16.0 Å². The highest BCUT2D eigenvalue weighted by Gasteiger charge is 2.27. The Kier molecular flexibility index (Phi) is 5.42. The fourth-order valence-corrected chi connectivity index (χ4v) is 3.13.